The minimum atomic E-state index is 0.128. The lowest BCUT2D eigenvalue weighted by Gasteiger charge is -2.34. The van der Waals surface area contributed by atoms with Gasteiger partial charge in [0.05, 0.1) is 26.4 Å². The fourth-order valence-electron chi connectivity index (χ4n) is 4.14. The fraction of sp³-hybridized carbons (Fsp3) is 0.522. The molecule has 29 heavy (non-hydrogen) atoms. The molecule has 0 spiro atoms. The van der Waals surface area contributed by atoms with E-state index in [0.29, 0.717) is 32.8 Å². The summed E-state index contributed by atoms with van der Waals surface area (Å²) < 4.78 is 10.9. The van der Waals surface area contributed by atoms with Gasteiger partial charge < -0.3 is 19.3 Å². The molecule has 2 aliphatic rings. The van der Waals surface area contributed by atoms with Gasteiger partial charge in [0.1, 0.15) is 0 Å². The molecule has 0 bridgehead atoms. The van der Waals surface area contributed by atoms with Crippen molar-refractivity contribution in [1.29, 1.82) is 0 Å². The molecule has 0 aliphatic carbocycles. The Kier molecular flexibility index (Phi) is 6.98. The van der Waals surface area contributed by atoms with E-state index < -0.39 is 0 Å². The number of morpholine rings is 2. The van der Waals surface area contributed by atoms with Gasteiger partial charge in [0.15, 0.2) is 0 Å². The molecule has 6 nitrogen and oxygen atoms in total. The van der Waals surface area contributed by atoms with Crippen molar-refractivity contribution < 1.29 is 14.3 Å². The average Bonchev–Trinajstić information content (AvgIpc) is 2.79. The zero-order valence-electron chi connectivity index (χ0n) is 17.1. The largest absolute Gasteiger partial charge is 0.379 e. The molecular weight excluding hydrogens is 366 g/mol. The lowest BCUT2D eigenvalue weighted by Crippen LogP contribution is -2.48. The minimum Gasteiger partial charge on any atom is -0.379 e. The standard InChI is InChI=1S/C23H31N3O3/c27-23(25-13-17-29-18-14-25)26(10-4-9-24-11-15-28-16-12-24)19-21-7-3-6-20-5-1-2-8-22(20)21/h1-3,5-8H,4,9-19H2. The van der Waals surface area contributed by atoms with E-state index >= 15 is 0 Å². The Hall–Kier alpha value is -2.15. The summed E-state index contributed by atoms with van der Waals surface area (Å²) in [6, 6.07) is 14.9. The first-order valence-electron chi connectivity index (χ1n) is 10.7. The summed E-state index contributed by atoms with van der Waals surface area (Å²) >= 11 is 0. The summed E-state index contributed by atoms with van der Waals surface area (Å²) in [6.07, 6.45) is 0.973. The number of hydrogen-bond donors (Lipinski definition) is 0. The van der Waals surface area contributed by atoms with Crippen molar-refractivity contribution in [3.8, 4) is 0 Å². The van der Waals surface area contributed by atoms with Gasteiger partial charge in [-0.1, -0.05) is 42.5 Å². The third kappa shape index (κ3) is 5.26. The van der Waals surface area contributed by atoms with Crippen molar-refractivity contribution in [1.82, 2.24) is 14.7 Å². The van der Waals surface area contributed by atoms with Gasteiger partial charge in [-0.05, 0) is 22.8 Å². The summed E-state index contributed by atoms with van der Waals surface area (Å²) in [5, 5.41) is 2.44. The third-order valence-corrected chi connectivity index (χ3v) is 5.80. The molecule has 156 valence electrons. The van der Waals surface area contributed by atoms with E-state index in [1.165, 1.54) is 16.3 Å². The average molecular weight is 398 g/mol. The lowest BCUT2D eigenvalue weighted by atomic mass is 10.0. The number of fused-ring (bicyclic) bond motifs is 1. The first kappa shape index (κ1) is 20.1. The van der Waals surface area contributed by atoms with E-state index in [0.717, 1.165) is 45.8 Å². The van der Waals surface area contributed by atoms with E-state index in [1.54, 1.807) is 0 Å². The first-order chi connectivity index (χ1) is 14.3. The second kappa shape index (κ2) is 10.1. The molecule has 2 saturated heterocycles. The maximum atomic E-state index is 13.3. The SMILES string of the molecule is O=C(N1CCOCC1)N(CCCN1CCOCC1)Cc1cccc2ccccc12. The molecule has 2 amide bonds. The monoisotopic (exact) mass is 397 g/mol. The van der Waals surface area contributed by atoms with Crippen molar-refractivity contribution in [3.63, 3.8) is 0 Å². The summed E-state index contributed by atoms with van der Waals surface area (Å²) in [6.45, 7) is 8.61. The van der Waals surface area contributed by atoms with Crippen molar-refractivity contribution in [2.75, 3.05) is 65.7 Å². The van der Waals surface area contributed by atoms with Crippen LogP contribution in [0.5, 0.6) is 0 Å². The highest BCUT2D eigenvalue weighted by Crippen LogP contribution is 2.21. The molecule has 2 aromatic rings. The van der Waals surface area contributed by atoms with Crippen molar-refractivity contribution in [2.24, 2.45) is 0 Å². The van der Waals surface area contributed by atoms with Crippen LogP contribution in [0.1, 0.15) is 12.0 Å². The van der Waals surface area contributed by atoms with Crippen LogP contribution in [0.25, 0.3) is 10.8 Å². The number of carbonyl (C=O) groups is 1. The van der Waals surface area contributed by atoms with Gasteiger partial charge in [-0.2, -0.15) is 0 Å². The number of benzene rings is 2. The molecule has 4 rings (SSSR count). The molecule has 0 unspecified atom stereocenters. The Morgan fingerprint density at radius 1 is 0.897 bits per heavy atom. The number of nitrogens with zero attached hydrogens (tertiary/aromatic N) is 3. The highest BCUT2D eigenvalue weighted by atomic mass is 16.5. The van der Waals surface area contributed by atoms with Crippen LogP contribution in [0, 0.1) is 0 Å². The van der Waals surface area contributed by atoms with Crippen molar-refractivity contribution >= 4 is 16.8 Å². The van der Waals surface area contributed by atoms with Crippen LogP contribution in [0.4, 0.5) is 4.79 Å². The number of ether oxygens (including phenoxy) is 2. The second-order valence-corrected chi connectivity index (χ2v) is 7.75. The Morgan fingerprint density at radius 2 is 1.59 bits per heavy atom. The van der Waals surface area contributed by atoms with E-state index in [-0.39, 0.29) is 6.03 Å². The molecule has 2 fully saturated rings. The molecule has 0 aromatic heterocycles. The van der Waals surface area contributed by atoms with Gasteiger partial charge >= 0.3 is 6.03 Å². The highest BCUT2D eigenvalue weighted by molar-refractivity contribution is 5.86. The number of hydrogen-bond acceptors (Lipinski definition) is 4. The molecular formula is C23H31N3O3. The summed E-state index contributed by atoms with van der Waals surface area (Å²) in [7, 11) is 0. The topological polar surface area (TPSA) is 45.2 Å². The molecule has 0 N–H and O–H groups in total. The van der Waals surface area contributed by atoms with E-state index in [4.69, 9.17) is 9.47 Å². The Bertz CT molecular complexity index is 796. The van der Waals surface area contributed by atoms with E-state index in [2.05, 4.69) is 47.4 Å². The van der Waals surface area contributed by atoms with Crippen LogP contribution >= 0.6 is 0 Å². The number of urea groups is 1. The van der Waals surface area contributed by atoms with E-state index in [1.807, 2.05) is 9.80 Å². The molecule has 2 aliphatic heterocycles. The van der Waals surface area contributed by atoms with Crippen LogP contribution in [0.2, 0.25) is 0 Å². The maximum absolute atomic E-state index is 13.3. The van der Waals surface area contributed by atoms with Crippen molar-refractivity contribution in [2.45, 2.75) is 13.0 Å². The third-order valence-electron chi connectivity index (χ3n) is 5.80. The minimum absolute atomic E-state index is 0.128. The quantitative estimate of drug-likeness (QED) is 0.752. The summed E-state index contributed by atoms with van der Waals surface area (Å²) in [5.74, 6) is 0. The van der Waals surface area contributed by atoms with Gasteiger partial charge in [0.25, 0.3) is 0 Å². The second-order valence-electron chi connectivity index (χ2n) is 7.75. The fourth-order valence-corrected chi connectivity index (χ4v) is 4.14. The Balaban J connectivity index is 1.46. The molecule has 2 heterocycles. The van der Waals surface area contributed by atoms with Crippen LogP contribution in [0.15, 0.2) is 42.5 Å². The molecule has 0 saturated carbocycles. The maximum Gasteiger partial charge on any atom is 0.320 e. The van der Waals surface area contributed by atoms with E-state index in [9.17, 15) is 4.79 Å². The first-order valence-corrected chi connectivity index (χ1v) is 10.7. The zero-order chi connectivity index (χ0) is 19.9. The van der Waals surface area contributed by atoms with Crippen LogP contribution in [-0.4, -0.2) is 86.4 Å². The van der Waals surface area contributed by atoms with Gasteiger partial charge in [0, 0.05) is 45.8 Å². The van der Waals surface area contributed by atoms with Crippen LogP contribution in [-0.2, 0) is 16.0 Å². The number of amides is 2. The highest BCUT2D eigenvalue weighted by Gasteiger charge is 2.23. The predicted molar refractivity (Wildman–Crippen MR) is 114 cm³/mol. The van der Waals surface area contributed by atoms with Gasteiger partial charge in [-0.25, -0.2) is 4.79 Å². The van der Waals surface area contributed by atoms with Crippen LogP contribution < -0.4 is 0 Å². The Morgan fingerprint density at radius 3 is 2.38 bits per heavy atom. The number of carbonyl (C=O) groups excluding carboxylic acids is 1. The predicted octanol–water partition coefficient (Wildman–Crippen LogP) is 2.82. The van der Waals surface area contributed by atoms with Gasteiger partial charge in [-0.3, -0.25) is 4.90 Å². The Labute approximate surface area is 173 Å². The zero-order valence-corrected chi connectivity index (χ0v) is 17.1. The molecule has 0 atom stereocenters. The van der Waals surface area contributed by atoms with Crippen LogP contribution in [0.3, 0.4) is 0 Å². The smallest absolute Gasteiger partial charge is 0.320 e. The number of rotatable bonds is 6. The molecule has 2 aromatic carbocycles. The lowest BCUT2D eigenvalue weighted by molar-refractivity contribution is 0.0334. The normalized spacial score (nSPS) is 18.1. The summed E-state index contributed by atoms with van der Waals surface area (Å²) in [4.78, 5) is 19.7. The van der Waals surface area contributed by atoms with Crippen molar-refractivity contribution in [3.05, 3.63) is 48.0 Å². The summed E-state index contributed by atoms with van der Waals surface area (Å²) in [5.41, 5.74) is 1.20. The van der Waals surface area contributed by atoms with Gasteiger partial charge in [-0.15, -0.1) is 0 Å². The molecule has 6 heteroatoms. The van der Waals surface area contributed by atoms with Gasteiger partial charge in [0.2, 0.25) is 0 Å². The molecule has 0 radical (unpaired) electrons.